The van der Waals surface area contributed by atoms with E-state index >= 15 is 0 Å². The van der Waals surface area contributed by atoms with Crippen molar-refractivity contribution in [3.63, 3.8) is 0 Å². The minimum absolute atomic E-state index is 0.184. The van der Waals surface area contributed by atoms with Crippen molar-refractivity contribution in [2.75, 3.05) is 26.4 Å². The van der Waals surface area contributed by atoms with Gasteiger partial charge in [-0.1, -0.05) is 0 Å². The summed E-state index contributed by atoms with van der Waals surface area (Å²) in [5, 5.41) is 0. The van der Waals surface area contributed by atoms with Crippen molar-refractivity contribution in [3.8, 4) is 0 Å². The second-order valence-electron chi connectivity index (χ2n) is 2.97. The van der Waals surface area contributed by atoms with Crippen molar-refractivity contribution in [3.05, 3.63) is 0 Å². The van der Waals surface area contributed by atoms with Crippen LogP contribution in [0, 0.1) is 5.92 Å². The van der Waals surface area contributed by atoms with Crippen molar-refractivity contribution in [2.24, 2.45) is 11.7 Å². The van der Waals surface area contributed by atoms with Gasteiger partial charge in [-0.05, 0) is 0 Å². The van der Waals surface area contributed by atoms with Crippen LogP contribution in [0.1, 0.15) is 0 Å². The zero-order valence-corrected chi connectivity index (χ0v) is 7.01. The van der Waals surface area contributed by atoms with Crippen LogP contribution < -0.4 is 5.73 Å². The molecular formula is C7H12F3NO2. The predicted octanol–water partition coefficient (Wildman–Crippen LogP) is 0.539. The number of halogens is 3. The van der Waals surface area contributed by atoms with Gasteiger partial charge in [0.05, 0.1) is 25.7 Å². The van der Waals surface area contributed by atoms with Gasteiger partial charge in [0.1, 0.15) is 6.10 Å². The van der Waals surface area contributed by atoms with Gasteiger partial charge in [0.15, 0.2) is 0 Å². The SMILES string of the molecule is NCC(COC1COC1)C(F)(F)F. The first kappa shape index (κ1) is 10.7. The highest BCUT2D eigenvalue weighted by Gasteiger charge is 2.39. The summed E-state index contributed by atoms with van der Waals surface area (Å²) in [6, 6.07) is 0. The van der Waals surface area contributed by atoms with E-state index in [1.54, 1.807) is 0 Å². The summed E-state index contributed by atoms with van der Waals surface area (Å²) < 4.78 is 46.0. The molecule has 6 heteroatoms. The zero-order valence-electron chi connectivity index (χ0n) is 7.01. The van der Waals surface area contributed by atoms with Crippen LogP contribution in [-0.4, -0.2) is 38.6 Å². The van der Waals surface area contributed by atoms with Crippen LogP contribution in [0.2, 0.25) is 0 Å². The maximum absolute atomic E-state index is 12.1. The molecule has 0 bridgehead atoms. The zero-order chi connectivity index (χ0) is 9.90. The molecule has 78 valence electrons. The molecule has 0 aliphatic carbocycles. The molecular weight excluding hydrogens is 187 g/mol. The molecule has 0 radical (unpaired) electrons. The predicted molar refractivity (Wildman–Crippen MR) is 39.2 cm³/mol. The third kappa shape index (κ3) is 3.13. The average Bonchev–Trinajstić information content (AvgIpc) is 1.91. The lowest BCUT2D eigenvalue weighted by atomic mass is 10.1. The highest BCUT2D eigenvalue weighted by Crippen LogP contribution is 2.26. The lowest BCUT2D eigenvalue weighted by Gasteiger charge is -2.28. The van der Waals surface area contributed by atoms with Crippen molar-refractivity contribution in [1.29, 1.82) is 0 Å². The minimum Gasteiger partial charge on any atom is -0.376 e. The Labute approximate surface area is 74.0 Å². The van der Waals surface area contributed by atoms with Crippen LogP contribution in [0.5, 0.6) is 0 Å². The molecule has 1 unspecified atom stereocenters. The second-order valence-corrected chi connectivity index (χ2v) is 2.97. The third-order valence-electron chi connectivity index (χ3n) is 1.89. The number of hydrogen-bond donors (Lipinski definition) is 1. The van der Waals surface area contributed by atoms with Crippen LogP contribution >= 0.6 is 0 Å². The van der Waals surface area contributed by atoms with E-state index in [1.807, 2.05) is 0 Å². The van der Waals surface area contributed by atoms with E-state index in [0.29, 0.717) is 13.2 Å². The summed E-state index contributed by atoms with van der Waals surface area (Å²) in [4.78, 5) is 0. The molecule has 0 aromatic heterocycles. The van der Waals surface area contributed by atoms with Crippen LogP contribution in [-0.2, 0) is 9.47 Å². The fourth-order valence-electron chi connectivity index (χ4n) is 0.859. The summed E-state index contributed by atoms with van der Waals surface area (Å²) in [6.45, 7) is -0.0323. The first-order valence-electron chi connectivity index (χ1n) is 4.00. The van der Waals surface area contributed by atoms with Gasteiger partial charge in [-0.3, -0.25) is 0 Å². The third-order valence-corrected chi connectivity index (χ3v) is 1.89. The Kier molecular flexibility index (Phi) is 3.52. The van der Waals surface area contributed by atoms with E-state index < -0.39 is 18.6 Å². The van der Waals surface area contributed by atoms with Crippen LogP contribution in [0.4, 0.5) is 13.2 Å². The van der Waals surface area contributed by atoms with Crippen molar-refractivity contribution < 1.29 is 22.6 Å². The molecule has 0 spiro atoms. The lowest BCUT2D eigenvalue weighted by molar-refractivity contribution is -0.205. The monoisotopic (exact) mass is 199 g/mol. The fraction of sp³-hybridized carbons (Fsp3) is 1.00. The summed E-state index contributed by atoms with van der Waals surface area (Å²) in [5.74, 6) is -1.56. The molecule has 1 aliphatic rings. The van der Waals surface area contributed by atoms with E-state index in [-0.39, 0.29) is 12.7 Å². The molecule has 0 aromatic carbocycles. The van der Waals surface area contributed by atoms with Crippen LogP contribution in [0.15, 0.2) is 0 Å². The minimum atomic E-state index is -4.26. The van der Waals surface area contributed by atoms with Gasteiger partial charge in [0.2, 0.25) is 0 Å². The number of alkyl halides is 3. The van der Waals surface area contributed by atoms with Gasteiger partial charge in [0, 0.05) is 6.54 Å². The molecule has 1 rings (SSSR count). The molecule has 1 aliphatic heterocycles. The molecule has 1 atom stereocenters. The first-order valence-corrected chi connectivity index (χ1v) is 4.00. The Balaban J connectivity index is 2.22. The normalized spacial score (nSPS) is 21.2. The summed E-state index contributed by atoms with van der Waals surface area (Å²) in [5.41, 5.74) is 4.97. The second kappa shape index (κ2) is 4.26. The van der Waals surface area contributed by atoms with Gasteiger partial charge in [-0.2, -0.15) is 13.2 Å². The molecule has 0 aromatic rings. The molecule has 0 saturated carbocycles. The molecule has 13 heavy (non-hydrogen) atoms. The van der Waals surface area contributed by atoms with Gasteiger partial charge in [0.25, 0.3) is 0 Å². The molecule has 1 saturated heterocycles. The largest absolute Gasteiger partial charge is 0.395 e. The summed E-state index contributed by atoms with van der Waals surface area (Å²) >= 11 is 0. The lowest BCUT2D eigenvalue weighted by Crippen LogP contribution is -2.41. The Bertz CT molecular complexity index is 158. The van der Waals surface area contributed by atoms with E-state index in [1.165, 1.54) is 0 Å². The molecule has 2 N–H and O–H groups in total. The quantitative estimate of drug-likeness (QED) is 0.718. The Morgan fingerprint density at radius 3 is 2.38 bits per heavy atom. The topological polar surface area (TPSA) is 44.5 Å². The van der Waals surface area contributed by atoms with Crippen LogP contribution in [0.3, 0.4) is 0 Å². The Morgan fingerprint density at radius 2 is 2.08 bits per heavy atom. The molecule has 0 amide bonds. The fourth-order valence-corrected chi connectivity index (χ4v) is 0.859. The number of rotatable bonds is 4. The van der Waals surface area contributed by atoms with Crippen molar-refractivity contribution in [1.82, 2.24) is 0 Å². The molecule has 1 fully saturated rings. The summed E-state index contributed by atoms with van der Waals surface area (Å²) in [6.07, 6.45) is -4.45. The van der Waals surface area contributed by atoms with Crippen molar-refractivity contribution >= 4 is 0 Å². The van der Waals surface area contributed by atoms with Crippen LogP contribution in [0.25, 0.3) is 0 Å². The molecule has 1 heterocycles. The van der Waals surface area contributed by atoms with E-state index in [9.17, 15) is 13.2 Å². The van der Waals surface area contributed by atoms with Gasteiger partial charge in [-0.15, -0.1) is 0 Å². The van der Waals surface area contributed by atoms with E-state index in [0.717, 1.165) is 0 Å². The van der Waals surface area contributed by atoms with E-state index in [4.69, 9.17) is 15.2 Å². The number of ether oxygens (including phenoxy) is 2. The standard InChI is InChI=1S/C7H12F3NO2/c8-7(9,10)5(1-11)2-13-6-3-12-4-6/h5-6H,1-4,11H2. The highest BCUT2D eigenvalue weighted by atomic mass is 19.4. The van der Waals surface area contributed by atoms with Gasteiger partial charge < -0.3 is 15.2 Å². The summed E-state index contributed by atoms with van der Waals surface area (Å²) in [7, 11) is 0. The Morgan fingerprint density at radius 1 is 1.46 bits per heavy atom. The highest BCUT2D eigenvalue weighted by molar-refractivity contribution is 4.71. The van der Waals surface area contributed by atoms with Gasteiger partial charge >= 0.3 is 6.18 Å². The maximum atomic E-state index is 12.1. The average molecular weight is 199 g/mol. The molecule has 3 nitrogen and oxygen atoms in total. The smallest absolute Gasteiger partial charge is 0.376 e. The van der Waals surface area contributed by atoms with E-state index in [2.05, 4.69) is 0 Å². The first-order chi connectivity index (χ1) is 6.04. The maximum Gasteiger partial charge on any atom is 0.395 e. The number of hydrogen-bond acceptors (Lipinski definition) is 3. The van der Waals surface area contributed by atoms with Crippen molar-refractivity contribution in [2.45, 2.75) is 12.3 Å². The number of nitrogens with two attached hydrogens (primary N) is 1. The van der Waals surface area contributed by atoms with Gasteiger partial charge in [-0.25, -0.2) is 0 Å². The Hall–Kier alpha value is -0.330.